The zero-order valence-corrected chi connectivity index (χ0v) is 22.8. The van der Waals surface area contributed by atoms with Crippen LogP contribution in [0, 0.1) is 9.49 Å². The molecule has 200 valence electrons. The van der Waals surface area contributed by atoms with Gasteiger partial charge in [-0.15, -0.1) is 0 Å². The molecule has 1 aromatic carbocycles. The summed E-state index contributed by atoms with van der Waals surface area (Å²) in [6.07, 6.45) is 1.64. The second kappa shape index (κ2) is 13.6. The third-order valence-electron chi connectivity index (χ3n) is 6.24. The maximum atomic E-state index is 13.1. The number of halogens is 1. The summed E-state index contributed by atoms with van der Waals surface area (Å²) in [5, 5.41) is 32.8. The number of benzene rings is 1. The molecule has 1 aromatic rings. The molecular weight excluding hydrogens is 583 g/mol. The Kier molecular flexibility index (Phi) is 10.8. The molecule has 1 saturated carbocycles. The SMILES string of the molecule is CCOCC(=O)N(CC1CC1)C1CC(C(=O)NCCO)=CC(Oc2c(I)cc(CO)cc2OC)C1O. The normalized spacial score (nSPS) is 21.5. The fourth-order valence-corrected chi connectivity index (χ4v) is 4.96. The molecule has 3 rings (SSSR count). The summed E-state index contributed by atoms with van der Waals surface area (Å²) in [5.74, 6) is 0.452. The molecule has 0 saturated heterocycles. The van der Waals surface area contributed by atoms with Crippen LogP contribution in [0.5, 0.6) is 11.5 Å². The van der Waals surface area contributed by atoms with E-state index in [1.165, 1.54) is 7.11 Å². The number of nitrogens with one attached hydrogen (secondary N) is 1. The highest BCUT2D eigenvalue weighted by molar-refractivity contribution is 14.1. The standard InChI is InChI=1S/C25H35IN2O8/c1-3-35-14-22(31)28(12-15-4-5-15)19-10-17(25(33)27-6-7-29)11-20(23(19)32)36-24-18(26)8-16(13-30)9-21(24)34-2/h8-9,11,15,19-20,23,29-30,32H,3-7,10,12-14H2,1-2H3,(H,27,33). The zero-order chi connectivity index (χ0) is 26.2. The molecule has 4 N–H and O–H groups in total. The number of ether oxygens (including phenoxy) is 3. The molecule has 11 heteroatoms. The molecule has 0 heterocycles. The van der Waals surface area contributed by atoms with Gasteiger partial charge in [-0.2, -0.15) is 0 Å². The summed E-state index contributed by atoms with van der Waals surface area (Å²) in [6, 6.07) is 2.69. The van der Waals surface area contributed by atoms with Crippen molar-refractivity contribution < 1.29 is 39.1 Å². The Balaban J connectivity index is 1.95. The number of carbonyl (C=O) groups is 2. The summed E-state index contributed by atoms with van der Waals surface area (Å²) >= 11 is 2.06. The minimum Gasteiger partial charge on any atom is -0.493 e. The Morgan fingerprint density at radius 2 is 2.00 bits per heavy atom. The first-order chi connectivity index (χ1) is 17.3. The van der Waals surface area contributed by atoms with E-state index >= 15 is 0 Å². The molecule has 3 unspecified atom stereocenters. The fraction of sp³-hybridized carbons (Fsp3) is 0.600. The predicted molar refractivity (Wildman–Crippen MR) is 140 cm³/mol. The van der Waals surface area contributed by atoms with Crippen molar-refractivity contribution in [3.8, 4) is 11.5 Å². The van der Waals surface area contributed by atoms with Crippen molar-refractivity contribution in [1.29, 1.82) is 0 Å². The smallest absolute Gasteiger partial charge is 0.248 e. The van der Waals surface area contributed by atoms with Gasteiger partial charge in [0.05, 0.1) is 29.9 Å². The number of aliphatic hydroxyl groups excluding tert-OH is 3. The van der Waals surface area contributed by atoms with Crippen molar-refractivity contribution in [2.24, 2.45) is 5.92 Å². The minimum absolute atomic E-state index is 0.0817. The number of carbonyl (C=O) groups excluding carboxylic acids is 2. The van der Waals surface area contributed by atoms with Gasteiger partial charge in [0.25, 0.3) is 0 Å². The maximum absolute atomic E-state index is 13.1. The highest BCUT2D eigenvalue weighted by atomic mass is 127. The largest absolute Gasteiger partial charge is 0.493 e. The van der Waals surface area contributed by atoms with Gasteiger partial charge >= 0.3 is 0 Å². The van der Waals surface area contributed by atoms with Crippen LogP contribution >= 0.6 is 22.6 Å². The number of hydrogen-bond acceptors (Lipinski definition) is 8. The number of aliphatic hydroxyl groups is 3. The fourth-order valence-electron chi connectivity index (χ4n) is 4.17. The molecule has 0 radical (unpaired) electrons. The van der Waals surface area contributed by atoms with Crippen LogP contribution in [0.15, 0.2) is 23.8 Å². The molecule has 2 aliphatic rings. The Hall–Kier alpha value is -1.93. The van der Waals surface area contributed by atoms with E-state index in [-0.39, 0.29) is 38.7 Å². The van der Waals surface area contributed by atoms with Gasteiger partial charge in [0.15, 0.2) is 11.5 Å². The van der Waals surface area contributed by atoms with E-state index in [0.717, 1.165) is 12.8 Å². The molecule has 36 heavy (non-hydrogen) atoms. The van der Waals surface area contributed by atoms with Crippen LogP contribution in [0.2, 0.25) is 0 Å². The predicted octanol–water partition coefficient (Wildman–Crippen LogP) is 0.983. The molecule has 0 bridgehead atoms. The van der Waals surface area contributed by atoms with Crippen molar-refractivity contribution >= 4 is 34.4 Å². The van der Waals surface area contributed by atoms with Crippen LogP contribution in [0.4, 0.5) is 0 Å². The van der Waals surface area contributed by atoms with Crippen LogP contribution < -0.4 is 14.8 Å². The van der Waals surface area contributed by atoms with E-state index in [0.29, 0.717) is 45.3 Å². The van der Waals surface area contributed by atoms with Gasteiger partial charge in [-0.25, -0.2) is 0 Å². The van der Waals surface area contributed by atoms with Crippen LogP contribution in [0.1, 0.15) is 31.7 Å². The van der Waals surface area contributed by atoms with E-state index < -0.39 is 24.2 Å². The zero-order valence-electron chi connectivity index (χ0n) is 20.6. The van der Waals surface area contributed by atoms with Crippen molar-refractivity contribution in [2.45, 2.75) is 51.0 Å². The van der Waals surface area contributed by atoms with E-state index in [1.54, 1.807) is 30.0 Å². The molecule has 0 aromatic heterocycles. The Morgan fingerprint density at radius 3 is 2.61 bits per heavy atom. The maximum Gasteiger partial charge on any atom is 0.248 e. The Labute approximate surface area is 224 Å². The first-order valence-corrected chi connectivity index (χ1v) is 13.2. The van der Waals surface area contributed by atoms with Crippen molar-refractivity contribution in [3.05, 3.63) is 32.9 Å². The number of nitrogens with zero attached hydrogens (tertiary/aromatic N) is 1. The number of hydrogen-bond donors (Lipinski definition) is 4. The quantitative estimate of drug-likeness (QED) is 0.240. The molecule has 3 atom stereocenters. The van der Waals surface area contributed by atoms with Gasteiger partial charge in [0.2, 0.25) is 11.8 Å². The van der Waals surface area contributed by atoms with Gasteiger partial charge in [-0.3, -0.25) is 9.59 Å². The molecule has 1 fully saturated rings. The second-order valence-corrected chi connectivity index (χ2v) is 10.1. The lowest BCUT2D eigenvalue weighted by molar-refractivity contribution is -0.143. The third kappa shape index (κ3) is 7.31. The number of methoxy groups -OCH3 is 1. The summed E-state index contributed by atoms with van der Waals surface area (Å²) in [7, 11) is 1.48. The first-order valence-electron chi connectivity index (χ1n) is 12.1. The van der Waals surface area contributed by atoms with Crippen LogP contribution in [0.3, 0.4) is 0 Å². The molecule has 2 aliphatic carbocycles. The van der Waals surface area contributed by atoms with Gasteiger partial charge < -0.3 is 39.7 Å². The van der Waals surface area contributed by atoms with Crippen LogP contribution in [0.25, 0.3) is 0 Å². The van der Waals surface area contributed by atoms with Crippen molar-refractivity contribution in [1.82, 2.24) is 10.2 Å². The summed E-state index contributed by atoms with van der Waals surface area (Å²) in [6.45, 7) is 2.25. The molecule has 0 spiro atoms. The lowest BCUT2D eigenvalue weighted by Crippen LogP contribution is -2.56. The number of amides is 2. The van der Waals surface area contributed by atoms with E-state index in [4.69, 9.17) is 19.3 Å². The summed E-state index contributed by atoms with van der Waals surface area (Å²) in [4.78, 5) is 27.6. The molecule has 2 amide bonds. The average molecular weight is 618 g/mol. The molecule has 10 nitrogen and oxygen atoms in total. The van der Waals surface area contributed by atoms with Gasteiger partial charge in [-0.1, -0.05) is 0 Å². The highest BCUT2D eigenvalue weighted by Gasteiger charge is 2.42. The lowest BCUT2D eigenvalue weighted by atomic mass is 9.88. The highest BCUT2D eigenvalue weighted by Crippen LogP contribution is 2.38. The first kappa shape index (κ1) is 28.6. The summed E-state index contributed by atoms with van der Waals surface area (Å²) in [5.41, 5.74) is 0.997. The van der Waals surface area contributed by atoms with Crippen molar-refractivity contribution in [2.75, 3.05) is 40.0 Å². The van der Waals surface area contributed by atoms with E-state index in [2.05, 4.69) is 27.9 Å². The number of rotatable bonds is 13. The topological polar surface area (TPSA) is 138 Å². The van der Waals surface area contributed by atoms with Gasteiger partial charge in [0, 0.05) is 31.7 Å². The average Bonchev–Trinajstić information content (AvgIpc) is 3.70. The molecular formula is C25H35IN2O8. The molecule has 0 aliphatic heterocycles. The van der Waals surface area contributed by atoms with E-state index in [1.807, 2.05) is 0 Å². The van der Waals surface area contributed by atoms with Gasteiger partial charge in [-0.05, 0) is 72.0 Å². The monoisotopic (exact) mass is 618 g/mol. The van der Waals surface area contributed by atoms with Crippen molar-refractivity contribution in [3.63, 3.8) is 0 Å². The van der Waals surface area contributed by atoms with Crippen LogP contribution in [-0.4, -0.2) is 90.3 Å². The van der Waals surface area contributed by atoms with Gasteiger partial charge in [0.1, 0.15) is 18.8 Å². The minimum atomic E-state index is -1.12. The van der Waals surface area contributed by atoms with E-state index in [9.17, 15) is 19.8 Å². The lowest BCUT2D eigenvalue weighted by Gasteiger charge is -2.40. The van der Waals surface area contributed by atoms with Crippen LogP contribution in [-0.2, 0) is 20.9 Å². The Bertz CT molecular complexity index is 952. The summed E-state index contributed by atoms with van der Waals surface area (Å²) < 4.78 is 17.7. The Morgan fingerprint density at radius 1 is 1.25 bits per heavy atom. The second-order valence-electron chi connectivity index (χ2n) is 8.91. The third-order valence-corrected chi connectivity index (χ3v) is 7.04.